The largest absolute Gasteiger partial charge is 0.342 e. The fraction of sp³-hybridized carbons (Fsp3) is 0.476. The average Bonchev–Trinajstić information content (AvgIpc) is 3.42. The summed E-state index contributed by atoms with van der Waals surface area (Å²) in [6.45, 7) is 2.95. The molecular formula is C21H26N2O. The average molecular weight is 322 g/mol. The zero-order valence-corrected chi connectivity index (χ0v) is 14.4. The maximum absolute atomic E-state index is 12.8. The smallest absolute Gasteiger partial charge is 0.226 e. The number of carbonyl (C=O) groups is 1. The van der Waals surface area contributed by atoms with Crippen LogP contribution in [0.2, 0.25) is 0 Å². The second-order valence-electron chi connectivity index (χ2n) is 7.38. The third-order valence-electron chi connectivity index (χ3n) is 5.73. The van der Waals surface area contributed by atoms with E-state index in [1.54, 1.807) is 0 Å². The van der Waals surface area contributed by atoms with E-state index in [2.05, 4.69) is 52.7 Å². The Labute approximate surface area is 144 Å². The predicted octanol–water partition coefficient (Wildman–Crippen LogP) is 3.40. The van der Waals surface area contributed by atoms with Crippen LogP contribution in [0.5, 0.6) is 0 Å². The van der Waals surface area contributed by atoms with E-state index in [0.717, 1.165) is 44.8 Å². The quantitative estimate of drug-likeness (QED) is 0.936. The van der Waals surface area contributed by atoms with Gasteiger partial charge in [0.05, 0.1) is 0 Å². The fourth-order valence-corrected chi connectivity index (χ4v) is 4.16. The maximum Gasteiger partial charge on any atom is 0.226 e. The third-order valence-corrected chi connectivity index (χ3v) is 5.73. The number of likely N-dealkylation sites (tertiary alicyclic amines) is 1. The molecule has 2 fully saturated rings. The first-order valence-electron chi connectivity index (χ1n) is 9.18. The molecule has 1 heterocycles. The highest BCUT2D eigenvalue weighted by Crippen LogP contribution is 2.49. The Morgan fingerprint density at radius 3 is 2.62 bits per heavy atom. The molecule has 1 N–H and O–H groups in total. The minimum atomic E-state index is 0.215. The lowest BCUT2D eigenvalue weighted by molar-refractivity contribution is -0.134. The summed E-state index contributed by atoms with van der Waals surface area (Å²) >= 11 is 0. The standard InChI is InChI=1S/C21H26N2O/c1-22-14-15-8-10-23(11-9-15)21(24)20-13-19(20)18-7-6-16-4-2-3-5-17(16)12-18/h2-7,12,15,19-20,22H,8-11,13-14H2,1H3. The number of amides is 1. The highest BCUT2D eigenvalue weighted by molar-refractivity contribution is 5.86. The van der Waals surface area contributed by atoms with Gasteiger partial charge in [0.15, 0.2) is 0 Å². The topological polar surface area (TPSA) is 32.3 Å². The number of benzene rings is 2. The van der Waals surface area contributed by atoms with Crippen molar-refractivity contribution in [2.75, 3.05) is 26.7 Å². The predicted molar refractivity (Wildman–Crippen MR) is 98.0 cm³/mol. The molecular weight excluding hydrogens is 296 g/mol. The van der Waals surface area contributed by atoms with E-state index < -0.39 is 0 Å². The molecule has 1 aliphatic carbocycles. The van der Waals surface area contributed by atoms with Gasteiger partial charge in [-0.2, -0.15) is 0 Å². The van der Waals surface area contributed by atoms with Gasteiger partial charge in [-0.1, -0.05) is 42.5 Å². The Kier molecular flexibility index (Phi) is 4.28. The molecule has 126 valence electrons. The molecule has 0 bridgehead atoms. The summed E-state index contributed by atoms with van der Waals surface area (Å²) in [4.78, 5) is 14.9. The zero-order chi connectivity index (χ0) is 16.5. The van der Waals surface area contributed by atoms with E-state index >= 15 is 0 Å². The Hall–Kier alpha value is -1.87. The van der Waals surface area contributed by atoms with Crippen LogP contribution in [0.25, 0.3) is 10.8 Å². The van der Waals surface area contributed by atoms with Crippen LogP contribution in [0.15, 0.2) is 42.5 Å². The van der Waals surface area contributed by atoms with Gasteiger partial charge in [-0.15, -0.1) is 0 Å². The van der Waals surface area contributed by atoms with Gasteiger partial charge in [0.1, 0.15) is 0 Å². The number of piperidine rings is 1. The van der Waals surface area contributed by atoms with Gasteiger partial charge in [-0.25, -0.2) is 0 Å². The Bertz CT molecular complexity index is 733. The molecule has 3 nitrogen and oxygen atoms in total. The second kappa shape index (κ2) is 6.56. The van der Waals surface area contributed by atoms with Crippen LogP contribution in [0, 0.1) is 11.8 Å². The molecule has 0 aromatic heterocycles. The molecule has 24 heavy (non-hydrogen) atoms. The maximum atomic E-state index is 12.8. The third kappa shape index (κ3) is 3.05. The fourth-order valence-electron chi connectivity index (χ4n) is 4.16. The summed E-state index contributed by atoms with van der Waals surface area (Å²) in [5.74, 6) is 1.76. The number of nitrogens with zero attached hydrogens (tertiary/aromatic N) is 1. The highest BCUT2D eigenvalue weighted by atomic mass is 16.2. The van der Waals surface area contributed by atoms with Crippen molar-refractivity contribution in [3.63, 3.8) is 0 Å². The van der Waals surface area contributed by atoms with Gasteiger partial charge in [-0.3, -0.25) is 4.79 Å². The summed E-state index contributed by atoms with van der Waals surface area (Å²) in [6.07, 6.45) is 3.30. The summed E-state index contributed by atoms with van der Waals surface area (Å²) < 4.78 is 0. The van der Waals surface area contributed by atoms with Crippen LogP contribution in [0.4, 0.5) is 0 Å². The van der Waals surface area contributed by atoms with Crippen molar-refractivity contribution in [3.05, 3.63) is 48.0 Å². The molecule has 2 atom stereocenters. The monoisotopic (exact) mass is 322 g/mol. The first-order valence-corrected chi connectivity index (χ1v) is 9.18. The number of rotatable bonds is 4. The van der Waals surface area contributed by atoms with Gasteiger partial charge >= 0.3 is 0 Å². The van der Waals surface area contributed by atoms with Crippen LogP contribution >= 0.6 is 0 Å². The van der Waals surface area contributed by atoms with Crippen molar-refractivity contribution in [2.24, 2.45) is 11.8 Å². The van der Waals surface area contributed by atoms with Gasteiger partial charge in [0, 0.05) is 19.0 Å². The molecule has 1 amide bonds. The summed E-state index contributed by atoms with van der Waals surface area (Å²) in [5, 5.41) is 5.81. The van der Waals surface area contributed by atoms with Crippen molar-refractivity contribution in [1.29, 1.82) is 0 Å². The van der Waals surface area contributed by atoms with Gasteiger partial charge in [-0.05, 0) is 61.0 Å². The van der Waals surface area contributed by atoms with Crippen molar-refractivity contribution >= 4 is 16.7 Å². The lowest BCUT2D eigenvalue weighted by atomic mass is 9.96. The van der Waals surface area contributed by atoms with Crippen molar-refractivity contribution in [2.45, 2.75) is 25.2 Å². The van der Waals surface area contributed by atoms with Crippen molar-refractivity contribution < 1.29 is 4.79 Å². The number of fused-ring (bicyclic) bond motifs is 1. The van der Waals surface area contributed by atoms with Crippen LogP contribution in [-0.2, 0) is 4.79 Å². The number of hydrogen-bond acceptors (Lipinski definition) is 2. The minimum absolute atomic E-state index is 0.215. The Morgan fingerprint density at radius 1 is 1.12 bits per heavy atom. The van der Waals surface area contributed by atoms with Crippen molar-refractivity contribution in [1.82, 2.24) is 10.2 Å². The molecule has 0 radical (unpaired) electrons. The van der Waals surface area contributed by atoms with E-state index in [0.29, 0.717) is 11.8 Å². The Balaban J connectivity index is 1.39. The number of carbonyl (C=O) groups excluding carboxylic acids is 1. The van der Waals surface area contributed by atoms with E-state index in [-0.39, 0.29) is 5.92 Å². The summed E-state index contributed by atoms with van der Waals surface area (Å²) in [7, 11) is 2.01. The lowest BCUT2D eigenvalue weighted by Gasteiger charge is -2.32. The zero-order valence-electron chi connectivity index (χ0n) is 14.4. The first-order chi connectivity index (χ1) is 11.8. The number of nitrogens with one attached hydrogen (secondary N) is 1. The highest BCUT2D eigenvalue weighted by Gasteiger charge is 2.46. The SMILES string of the molecule is CNCC1CCN(C(=O)C2CC2c2ccc3ccccc3c2)CC1. The molecule has 2 aromatic rings. The van der Waals surface area contributed by atoms with Crippen LogP contribution in [-0.4, -0.2) is 37.5 Å². The molecule has 2 aliphatic rings. The lowest BCUT2D eigenvalue weighted by Crippen LogP contribution is -2.41. The number of hydrogen-bond donors (Lipinski definition) is 1. The molecule has 0 spiro atoms. The van der Waals surface area contributed by atoms with Gasteiger partial charge < -0.3 is 10.2 Å². The van der Waals surface area contributed by atoms with Gasteiger partial charge in [0.2, 0.25) is 5.91 Å². The van der Waals surface area contributed by atoms with E-state index in [4.69, 9.17) is 0 Å². The first kappa shape index (κ1) is 15.6. The molecule has 4 rings (SSSR count). The van der Waals surface area contributed by atoms with Gasteiger partial charge in [0.25, 0.3) is 0 Å². The van der Waals surface area contributed by atoms with Crippen molar-refractivity contribution in [3.8, 4) is 0 Å². The molecule has 2 unspecified atom stereocenters. The van der Waals surface area contributed by atoms with Crippen LogP contribution in [0.3, 0.4) is 0 Å². The van der Waals surface area contributed by atoms with E-state index in [9.17, 15) is 4.79 Å². The van der Waals surface area contributed by atoms with Crippen LogP contribution in [0.1, 0.15) is 30.7 Å². The molecule has 1 saturated carbocycles. The van der Waals surface area contributed by atoms with E-state index in [1.165, 1.54) is 16.3 Å². The minimum Gasteiger partial charge on any atom is -0.342 e. The molecule has 3 heteroatoms. The Morgan fingerprint density at radius 2 is 1.88 bits per heavy atom. The summed E-state index contributed by atoms with van der Waals surface area (Å²) in [6, 6.07) is 15.1. The second-order valence-corrected chi connectivity index (χ2v) is 7.38. The molecule has 1 aliphatic heterocycles. The molecule has 1 saturated heterocycles. The molecule has 2 aromatic carbocycles. The normalized spacial score (nSPS) is 24.3. The summed E-state index contributed by atoms with van der Waals surface area (Å²) in [5.41, 5.74) is 1.33. The van der Waals surface area contributed by atoms with E-state index in [1.807, 2.05) is 7.05 Å². The van der Waals surface area contributed by atoms with Crippen LogP contribution < -0.4 is 5.32 Å².